The van der Waals surface area contributed by atoms with E-state index in [1.165, 1.54) is 30.5 Å². The summed E-state index contributed by atoms with van der Waals surface area (Å²) in [6, 6.07) is 1.11. The van der Waals surface area contributed by atoms with Crippen molar-refractivity contribution < 1.29 is 13.5 Å². The molecular weight excluding hydrogens is 252 g/mol. The third kappa shape index (κ3) is 3.23. The Morgan fingerprint density at radius 2 is 1.94 bits per heavy atom. The minimum absolute atomic E-state index is 0.179. The zero-order valence-electron chi connectivity index (χ0n) is 11.1. The maximum Gasteiger partial charge on any atom is 0.211 e. The number of hydrogen-bond donors (Lipinski definition) is 1. The Bertz CT molecular complexity index is 369. The van der Waals surface area contributed by atoms with Gasteiger partial charge in [-0.1, -0.05) is 0 Å². The average molecular weight is 275 g/mol. The fraction of sp³-hybridized carbons (Fsp3) is 0.917. The van der Waals surface area contributed by atoms with Gasteiger partial charge in [-0.25, -0.2) is 12.7 Å². The Balaban J connectivity index is 1.86. The molecule has 2 fully saturated rings. The van der Waals surface area contributed by atoms with Crippen LogP contribution in [0.25, 0.3) is 0 Å². The van der Waals surface area contributed by atoms with Crippen molar-refractivity contribution in [3.63, 3.8) is 0 Å². The lowest BCUT2D eigenvalue weighted by molar-refractivity contribution is 0.0640. The lowest BCUT2D eigenvalue weighted by atomic mass is 10.0. The number of nitrogens with zero attached hydrogens (tertiary/aromatic N) is 2. The molecule has 2 aliphatic heterocycles. The van der Waals surface area contributed by atoms with Crippen LogP contribution in [0.15, 0.2) is 0 Å². The van der Waals surface area contributed by atoms with Crippen LogP contribution in [0.5, 0.6) is 0 Å². The Kier molecular flexibility index (Phi) is 4.31. The van der Waals surface area contributed by atoms with Gasteiger partial charge in [0.2, 0.25) is 10.0 Å². The van der Waals surface area contributed by atoms with E-state index in [1.54, 1.807) is 0 Å². The Labute approximate surface area is 110 Å². The van der Waals surface area contributed by atoms with Crippen LogP contribution in [-0.2, 0) is 10.0 Å². The second-order valence-corrected chi connectivity index (χ2v) is 7.63. The smallest absolute Gasteiger partial charge is 0.211 e. The van der Waals surface area contributed by atoms with Crippen molar-refractivity contribution in [2.45, 2.75) is 43.9 Å². The third-order valence-corrected chi connectivity index (χ3v) is 5.39. The molecule has 0 spiro atoms. The van der Waals surface area contributed by atoms with E-state index in [0.717, 1.165) is 12.8 Å². The van der Waals surface area contributed by atoms with E-state index in [4.69, 9.17) is 0 Å². The highest BCUT2D eigenvalue weighted by Gasteiger charge is 2.37. The van der Waals surface area contributed by atoms with Crippen LogP contribution in [-0.4, -0.2) is 67.3 Å². The fourth-order valence-corrected chi connectivity index (χ4v) is 3.48. The molecule has 0 aromatic heterocycles. The Morgan fingerprint density at radius 1 is 1.39 bits per heavy atom. The zero-order chi connectivity index (χ0) is 13.3. The first-order valence-corrected chi connectivity index (χ1v) is 8.39. The summed E-state index contributed by atoms with van der Waals surface area (Å²) >= 11 is 0. The van der Waals surface area contributed by atoms with Gasteiger partial charge < -0.3 is 5.11 Å². The van der Waals surface area contributed by atoms with E-state index in [0.29, 0.717) is 18.6 Å². The summed E-state index contributed by atoms with van der Waals surface area (Å²) in [4.78, 5) is 2.36. The number of aliphatic hydroxyl groups is 1. The molecule has 0 aromatic carbocycles. The van der Waals surface area contributed by atoms with Gasteiger partial charge in [0, 0.05) is 32.2 Å². The summed E-state index contributed by atoms with van der Waals surface area (Å²) in [5.41, 5.74) is 0. The van der Waals surface area contributed by atoms with Crippen molar-refractivity contribution in [3.05, 3.63) is 6.42 Å². The molecule has 2 aliphatic rings. The third-order valence-electron chi connectivity index (χ3n) is 4.10. The normalized spacial score (nSPS) is 30.9. The van der Waals surface area contributed by atoms with Gasteiger partial charge in [0.15, 0.2) is 0 Å². The number of sulfonamides is 1. The summed E-state index contributed by atoms with van der Waals surface area (Å²) in [5, 5.41) is 10.0. The topological polar surface area (TPSA) is 60.9 Å². The lowest BCUT2D eigenvalue weighted by Gasteiger charge is -2.36. The van der Waals surface area contributed by atoms with E-state index < -0.39 is 16.1 Å². The van der Waals surface area contributed by atoms with Crippen LogP contribution in [0.1, 0.15) is 25.7 Å². The number of fused-ring (bicyclic) bond motifs is 2. The first kappa shape index (κ1) is 14.2. The standard InChI is InChI=1S/C12H23N2O3S/c1-13(18(2,16)17)8-12(15)9-14-10-4-3-5-11(14)7-6-10/h3,10-12,15H,4-9H2,1-2H3/t10-,11+,12?. The number of piperidine rings is 1. The number of aliphatic hydroxyl groups excluding tert-OH is 1. The molecule has 105 valence electrons. The summed E-state index contributed by atoms with van der Waals surface area (Å²) in [6.07, 6.45) is 7.51. The highest BCUT2D eigenvalue weighted by Crippen LogP contribution is 2.34. The number of rotatable bonds is 5. The van der Waals surface area contributed by atoms with Crippen LogP contribution in [0.4, 0.5) is 0 Å². The maximum atomic E-state index is 11.3. The average Bonchev–Trinajstić information content (AvgIpc) is 2.49. The molecule has 5 nitrogen and oxygen atoms in total. The molecule has 18 heavy (non-hydrogen) atoms. The van der Waals surface area contributed by atoms with Crippen LogP contribution >= 0.6 is 0 Å². The Morgan fingerprint density at radius 3 is 2.44 bits per heavy atom. The summed E-state index contributed by atoms with van der Waals surface area (Å²) < 4.78 is 23.8. The molecule has 1 N–H and O–H groups in total. The lowest BCUT2D eigenvalue weighted by Crippen LogP contribution is -2.47. The van der Waals surface area contributed by atoms with Gasteiger partial charge in [-0.15, -0.1) is 0 Å². The van der Waals surface area contributed by atoms with Gasteiger partial charge in [-0.2, -0.15) is 0 Å². The monoisotopic (exact) mass is 275 g/mol. The van der Waals surface area contributed by atoms with Crippen LogP contribution < -0.4 is 0 Å². The molecule has 2 rings (SSSR count). The molecule has 1 radical (unpaired) electrons. The Hall–Kier alpha value is -0.170. The molecule has 6 heteroatoms. The molecule has 0 aromatic rings. The second kappa shape index (κ2) is 5.45. The highest BCUT2D eigenvalue weighted by molar-refractivity contribution is 7.88. The van der Waals surface area contributed by atoms with Crippen molar-refractivity contribution in [2.75, 3.05) is 26.4 Å². The predicted octanol–water partition coefficient (Wildman–Crippen LogP) is 0.0698. The summed E-state index contributed by atoms with van der Waals surface area (Å²) in [7, 11) is -1.69. The first-order chi connectivity index (χ1) is 8.38. The first-order valence-electron chi connectivity index (χ1n) is 6.54. The molecule has 2 heterocycles. The molecule has 0 aliphatic carbocycles. The number of hydrogen-bond acceptors (Lipinski definition) is 4. The van der Waals surface area contributed by atoms with Crippen molar-refractivity contribution >= 4 is 10.0 Å². The van der Waals surface area contributed by atoms with Gasteiger partial charge in [-0.3, -0.25) is 4.90 Å². The zero-order valence-corrected chi connectivity index (χ0v) is 11.9. The van der Waals surface area contributed by atoms with Crippen molar-refractivity contribution in [1.82, 2.24) is 9.21 Å². The van der Waals surface area contributed by atoms with Gasteiger partial charge in [-0.05, 0) is 32.1 Å². The number of likely N-dealkylation sites (N-methyl/N-ethyl adjacent to an activating group) is 1. The maximum absolute atomic E-state index is 11.3. The van der Waals surface area contributed by atoms with E-state index >= 15 is 0 Å². The second-order valence-electron chi connectivity index (χ2n) is 5.54. The quantitative estimate of drug-likeness (QED) is 0.771. The fourth-order valence-electron chi connectivity index (χ4n) is 3.03. The van der Waals surface area contributed by atoms with Gasteiger partial charge in [0.05, 0.1) is 12.4 Å². The highest BCUT2D eigenvalue weighted by atomic mass is 32.2. The summed E-state index contributed by atoms with van der Waals surface area (Å²) in [5.74, 6) is 0. The largest absolute Gasteiger partial charge is 0.390 e. The minimum atomic E-state index is -3.20. The van der Waals surface area contributed by atoms with Crippen LogP contribution in [0.3, 0.4) is 0 Å². The van der Waals surface area contributed by atoms with Crippen LogP contribution in [0.2, 0.25) is 0 Å². The van der Waals surface area contributed by atoms with Gasteiger partial charge in [0.25, 0.3) is 0 Å². The molecule has 0 saturated carbocycles. The van der Waals surface area contributed by atoms with E-state index in [9.17, 15) is 13.5 Å². The molecule has 2 saturated heterocycles. The minimum Gasteiger partial charge on any atom is -0.390 e. The molecule has 3 atom stereocenters. The van der Waals surface area contributed by atoms with Crippen molar-refractivity contribution in [3.8, 4) is 0 Å². The SMILES string of the molecule is CN(CC(O)CN1[C@@H]2C[CH]C[C@H]1CC2)S(C)(=O)=O. The van der Waals surface area contributed by atoms with E-state index in [-0.39, 0.29) is 6.54 Å². The summed E-state index contributed by atoms with van der Waals surface area (Å²) in [6.45, 7) is 0.765. The molecular formula is C12H23N2O3S. The molecule has 1 unspecified atom stereocenters. The predicted molar refractivity (Wildman–Crippen MR) is 70.5 cm³/mol. The van der Waals surface area contributed by atoms with Gasteiger partial charge >= 0.3 is 0 Å². The van der Waals surface area contributed by atoms with Crippen molar-refractivity contribution in [2.24, 2.45) is 0 Å². The van der Waals surface area contributed by atoms with Crippen LogP contribution in [0, 0.1) is 6.42 Å². The van der Waals surface area contributed by atoms with E-state index in [2.05, 4.69) is 11.3 Å². The molecule has 0 amide bonds. The van der Waals surface area contributed by atoms with Crippen molar-refractivity contribution in [1.29, 1.82) is 0 Å². The van der Waals surface area contributed by atoms with Gasteiger partial charge in [0.1, 0.15) is 0 Å². The molecule has 2 bridgehead atoms. The van der Waals surface area contributed by atoms with E-state index in [1.807, 2.05) is 0 Å².